The van der Waals surface area contributed by atoms with Gasteiger partial charge in [0.2, 0.25) is 0 Å². The van der Waals surface area contributed by atoms with Gasteiger partial charge < -0.3 is 15.6 Å². The van der Waals surface area contributed by atoms with Crippen LogP contribution in [0.4, 0.5) is 5.69 Å². The molecule has 0 aliphatic heterocycles. The fourth-order valence-corrected chi connectivity index (χ4v) is 0.978. The number of hydrogen-bond acceptors (Lipinski definition) is 3. The van der Waals surface area contributed by atoms with Gasteiger partial charge in [0.15, 0.2) is 0 Å². The molecule has 0 aliphatic carbocycles. The lowest BCUT2D eigenvalue weighted by molar-refractivity contribution is 0.0701. The highest BCUT2D eigenvalue weighted by molar-refractivity contribution is 5.43. The van der Waals surface area contributed by atoms with Crippen molar-refractivity contribution < 1.29 is 9.84 Å². The van der Waals surface area contributed by atoms with E-state index in [1.807, 2.05) is 26.0 Å². The van der Waals surface area contributed by atoms with Crippen molar-refractivity contribution in [3.8, 4) is 5.75 Å². The summed E-state index contributed by atoms with van der Waals surface area (Å²) in [5.74, 6) is 0.903. The maximum atomic E-state index is 9.50. The van der Waals surface area contributed by atoms with Gasteiger partial charge in [0.1, 0.15) is 12.4 Å². The van der Waals surface area contributed by atoms with E-state index in [0.717, 1.165) is 0 Å². The topological polar surface area (TPSA) is 55.5 Å². The molecule has 0 saturated heterocycles. The Kier molecular flexibility index (Phi) is 3.77. The Morgan fingerprint density at radius 3 is 2.71 bits per heavy atom. The third-order valence-corrected chi connectivity index (χ3v) is 2.05. The summed E-state index contributed by atoms with van der Waals surface area (Å²) in [6.07, 6.45) is -0.434. The average Bonchev–Trinajstić information content (AvgIpc) is 2.14. The highest BCUT2D eigenvalue weighted by Crippen LogP contribution is 2.15. The number of nitrogens with two attached hydrogens (primary N) is 1. The lowest BCUT2D eigenvalue weighted by Gasteiger charge is -2.15. The molecule has 3 N–H and O–H groups in total. The van der Waals surface area contributed by atoms with E-state index in [4.69, 9.17) is 10.5 Å². The third kappa shape index (κ3) is 3.26. The van der Waals surface area contributed by atoms with Crippen molar-refractivity contribution in [1.29, 1.82) is 0 Å². The van der Waals surface area contributed by atoms with Gasteiger partial charge in [-0.05, 0) is 18.1 Å². The van der Waals surface area contributed by atoms with E-state index in [9.17, 15) is 5.11 Å². The van der Waals surface area contributed by atoms with E-state index in [2.05, 4.69) is 0 Å². The number of nitrogen functional groups attached to an aromatic ring is 1. The maximum Gasteiger partial charge on any atom is 0.121 e. The van der Waals surface area contributed by atoms with Crippen molar-refractivity contribution >= 4 is 5.69 Å². The molecule has 78 valence electrons. The minimum absolute atomic E-state index is 0.205. The predicted octanol–water partition coefficient (Wildman–Crippen LogP) is 1.66. The summed E-state index contributed by atoms with van der Waals surface area (Å²) >= 11 is 0. The first-order valence-corrected chi connectivity index (χ1v) is 4.76. The number of rotatable bonds is 4. The zero-order valence-electron chi connectivity index (χ0n) is 8.60. The van der Waals surface area contributed by atoms with E-state index in [-0.39, 0.29) is 5.92 Å². The van der Waals surface area contributed by atoms with Crippen LogP contribution in [0.15, 0.2) is 24.3 Å². The van der Waals surface area contributed by atoms with Crippen LogP contribution >= 0.6 is 0 Å². The standard InChI is InChI=1S/C11H17NO2/c1-8(2)11(13)7-14-10-5-3-4-9(12)6-10/h3-6,8,11,13H,7,12H2,1-2H3/t11-/m1/s1. The summed E-state index contributed by atoms with van der Waals surface area (Å²) in [6, 6.07) is 7.19. The minimum Gasteiger partial charge on any atom is -0.491 e. The van der Waals surface area contributed by atoms with Gasteiger partial charge in [-0.3, -0.25) is 0 Å². The van der Waals surface area contributed by atoms with E-state index in [1.54, 1.807) is 12.1 Å². The largest absolute Gasteiger partial charge is 0.491 e. The summed E-state index contributed by atoms with van der Waals surface area (Å²) in [4.78, 5) is 0. The molecule has 1 rings (SSSR count). The predicted molar refractivity (Wildman–Crippen MR) is 57.2 cm³/mol. The SMILES string of the molecule is CC(C)[C@H](O)COc1cccc(N)c1. The van der Waals surface area contributed by atoms with E-state index >= 15 is 0 Å². The number of benzene rings is 1. The van der Waals surface area contributed by atoms with Crippen molar-refractivity contribution in [2.45, 2.75) is 20.0 Å². The lowest BCUT2D eigenvalue weighted by Crippen LogP contribution is -2.23. The van der Waals surface area contributed by atoms with Crippen LogP contribution in [0.5, 0.6) is 5.75 Å². The second-order valence-corrected chi connectivity index (χ2v) is 3.69. The van der Waals surface area contributed by atoms with Gasteiger partial charge >= 0.3 is 0 Å². The Morgan fingerprint density at radius 1 is 1.43 bits per heavy atom. The maximum absolute atomic E-state index is 9.50. The highest BCUT2D eigenvalue weighted by Gasteiger charge is 2.09. The molecule has 0 spiro atoms. The van der Waals surface area contributed by atoms with Crippen molar-refractivity contribution in [3.63, 3.8) is 0 Å². The number of aliphatic hydroxyl groups is 1. The molecule has 3 nitrogen and oxygen atoms in total. The smallest absolute Gasteiger partial charge is 0.121 e. The summed E-state index contributed by atoms with van der Waals surface area (Å²) in [5, 5.41) is 9.50. The molecule has 0 fully saturated rings. The monoisotopic (exact) mass is 195 g/mol. The Hall–Kier alpha value is -1.22. The molecule has 3 heteroatoms. The molecule has 0 amide bonds. The summed E-state index contributed by atoms with van der Waals surface area (Å²) < 4.78 is 5.38. The fourth-order valence-electron chi connectivity index (χ4n) is 0.978. The van der Waals surface area contributed by atoms with Crippen LogP contribution in [0.2, 0.25) is 0 Å². The lowest BCUT2D eigenvalue weighted by atomic mass is 10.1. The van der Waals surface area contributed by atoms with Crippen LogP contribution in [-0.2, 0) is 0 Å². The third-order valence-electron chi connectivity index (χ3n) is 2.05. The number of hydrogen-bond donors (Lipinski definition) is 2. The number of aliphatic hydroxyl groups excluding tert-OH is 1. The molecular formula is C11H17NO2. The second-order valence-electron chi connectivity index (χ2n) is 3.69. The molecule has 0 heterocycles. The van der Waals surface area contributed by atoms with Gasteiger partial charge in [-0.15, -0.1) is 0 Å². The van der Waals surface area contributed by atoms with Crippen LogP contribution < -0.4 is 10.5 Å². The van der Waals surface area contributed by atoms with Crippen molar-refractivity contribution in [2.75, 3.05) is 12.3 Å². The van der Waals surface area contributed by atoms with E-state index in [0.29, 0.717) is 18.0 Å². The molecule has 0 saturated carbocycles. The zero-order valence-corrected chi connectivity index (χ0v) is 8.60. The van der Waals surface area contributed by atoms with Crippen molar-refractivity contribution in [1.82, 2.24) is 0 Å². The first kappa shape index (κ1) is 10.9. The van der Waals surface area contributed by atoms with Gasteiger partial charge in [-0.2, -0.15) is 0 Å². The molecule has 1 atom stereocenters. The van der Waals surface area contributed by atoms with Crippen LogP contribution in [0, 0.1) is 5.92 Å². The molecule has 1 aromatic rings. The number of anilines is 1. The number of ether oxygens (including phenoxy) is 1. The Bertz CT molecular complexity index is 286. The van der Waals surface area contributed by atoms with Gasteiger partial charge in [-0.1, -0.05) is 19.9 Å². The molecule has 0 bridgehead atoms. The van der Waals surface area contributed by atoms with Crippen LogP contribution in [0.25, 0.3) is 0 Å². The van der Waals surface area contributed by atoms with Crippen molar-refractivity contribution in [3.05, 3.63) is 24.3 Å². The Labute approximate surface area is 84.5 Å². The normalized spacial score (nSPS) is 12.9. The minimum atomic E-state index is -0.434. The molecule has 1 aromatic carbocycles. The van der Waals surface area contributed by atoms with Crippen LogP contribution in [0.3, 0.4) is 0 Å². The Morgan fingerprint density at radius 2 is 2.14 bits per heavy atom. The van der Waals surface area contributed by atoms with Gasteiger partial charge in [0, 0.05) is 11.8 Å². The molecule has 0 aromatic heterocycles. The van der Waals surface area contributed by atoms with Crippen LogP contribution in [-0.4, -0.2) is 17.8 Å². The van der Waals surface area contributed by atoms with Crippen molar-refractivity contribution in [2.24, 2.45) is 5.92 Å². The summed E-state index contributed by atoms with van der Waals surface area (Å²) in [6.45, 7) is 4.21. The van der Waals surface area contributed by atoms with E-state index in [1.165, 1.54) is 0 Å². The van der Waals surface area contributed by atoms with Gasteiger partial charge in [0.05, 0.1) is 6.10 Å². The first-order valence-electron chi connectivity index (χ1n) is 4.76. The Balaban J connectivity index is 2.45. The van der Waals surface area contributed by atoms with Gasteiger partial charge in [0.25, 0.3) is 0 Å². The van der Waals surface area contributed by atoms with Gasteiger partial charge in [-0.25, -0.2) is 0 Å². The zero-order chi connectivity index (χ0) is 10.6. The average molecular weight is 195 g/mol. The highest BCUT2D eigenvalue weighted by atomic mass is 16.5. The molecular weight excluding hydrogens is 178 g/mol. The molecule has 0 aliphatic rings. The molecule has 0 unspecified atom stereocenters. The van der Waals surface area contributed by atoms with Crippen LogP contribution in [0.1, 0.15) is 13.8 Å². The molecule has 0 radical (unpaired) electrons. The van der Waals surface area contributed by atoms with E-state index < -0.39 is 6.10 Å². The second kappa shape index (κ2) is 4.86. The molecule has 14 heavy (non-hydrogen) atoms. The quantitative estimate of drug-likeness (QED) is 0.718. The summed E-state index contributed by atoms with van der Waals surface area (Å²) in [5.41, 5.74) is 6.25. The first-order chi connectivity index (χ1) is 6.59. The summed E-state index contributed by atoms with van der Waals surface area (Å²) in [7, 11) is 0. The fraction of sp³-hybridized carbons (Fsp3) is 0.455.